The van der Waals surface area contributed by atoms with Crippen LogP contribution in [-0.2, 0) is 0 Å². The Kier molecular flexibility index (Phi) is 4.65. The fourth-order valence-corrected chi connectivity index (χ4v) is 2.37. The van der Waals surface area contributed by atoms with Crippen LogP contribution in [0.4, 0.5) is 17.6 Å². The van der Waals surface area contributed by atoms with Gasteiger partial charge in [0.25, 0.3) is 0 Å². The lowest BCUT2D eigenvalue weighted by molar-refractivity contribution is -0.0498. The highest BCUT2D eigenvalue weighted by molar-refractivity contribution is 9.09. The molecule has 2 aromatic rings. The van der Waals surface area contributed by atoms with Crippen molar-refractivity contribution in [1.82, 2.24) is 0 Å². The third-order valence-electron chi connectivity index (χ3n) is 2.61. The van der Waals surface area contributed by atoms with Crippen LogP contribution in [0.1, 0.15) is 16.0 Å². The van der Waals surface area contributed by atoms with Crippen molar-refractivity contribution in [2.45, 2.75) is 11.4 Å². The Morgan fingerprint density at radius 3 is 2.45 bits per heavy atom. The number of alkyl halides is 3. The van der Waals surface area contributed by atoms with Crippen LogP contribution in [0.5, 0.6) is 5.75 Å². The molecule has 0 fully saturated rings. The van der Waals surface area contributed by atoms with E-state index in [9.17, 15) is 17.6 Å². The fourth-order valence-electron chi connectivity index (χ4n) is 1.74. The lowest BCUT2D eigenvalue weighted by Gasteiger charge is -2.13. The van der Waals surface area contributed by atoms with Gasteiger partial charge in [0, 0.05) is 5.56 Å². The quantitative estimate of drug-likeness (QED) is 0.554. The number of benzene rings is 2. The summed E-state index contributed by atoms with van der Waals surface area (Å²) in [6, 6.07) is 8.87. The first-order valence-corrected chi connectivity index (χ1v) is 6.52. The van der Waals surface area contributed by atoms with Gasteiger partial charge in [-0.15, -0.1) is 0 Å². The summed E-state index contributed by atoms with van der Waals surface area (Å²) >= 11 is 3.23. The van der Waals surface area contributed by atoms with Crippen molar-refractivity contribution in [2.24, 2.45) is 0 Å². The van der Waals surface area contributed by atoms with Gasteiger partial charge in [-0.2, -0.15) is 8.78 Å². The first kappa shape index (κ1) is 14.8. The standard InChI is InChI=1S/C14H9BrF4O/c15-13(11-7-9(16)4-5-12(11)17)8-2-1-3-10(6-8)20-14(18)19/h1-7,13-14H. The second-order valence-electron chi connectivity index (χ2n) is 3.98. The van der Waals surface area contributed by atoms with Crippen molar-refractivity contribution >= 4 is 15.9 Å². The second-order valence-corrected chi connectivity index (χ2v) is 4.90. The van der Waals surface area contributed by atoms with E-state index < -0.39 is 23.1 Å². The van der Waals surface area contributed by atoms with E-state index in [0.29, 0.717) is 5.56 Å². The zero-order valence-electron chi connectivity index (χ0n) is 9.99. The van der Waals surface area contributed by atoms with Gasteiger partial charge >= 0.3 is 6.61 Å². The summed E-state index contributed by atoms with van der Waals surface area (Å²) in [5, 5.41) is 0. The molecule has 1 nitrogen and oxygen atoms in total. The maximum Gasteiger partial charge on any atom is 0.387 e. The summed E-state index contributed by atoms with van der Waals surface area (Å²) in [6.45, 7) is -2.94. The molecule has 0 saturated carbocycles. The van der Waals surface area contributed by atoms with Crippen molar-refractivity contribution in [2.75, 3.05) is 0 Å². The molecule has 0 heterocycles. The fraction of sp³-hybridized carbons (Fsp3) is 0.143. The van der Waals surface area contributed by atoms with Crippen LogP contribution in [0.15, 0.2) is 42.5 Å². The Labute approximate surface area is 121 Å². The Bertz CT molecular complexity index is 603. The molecule has 1 atom stereocenters. The molecular weight excluding hydrogens is 340 g/mol. The molecule has 20 heavy (non-hydrogen) atoms. The maximum atomic E-state index is 13.7. The monoisotopic (exact) mass is 348 g/mol. The van der Waals surface area contributed by atoms with Gasteiger partial charge in [-0.3, -0.25) is 0 Å². The van der Waals surface area contributed by atoms with Crippen LogP contribution in [0.3, 0.4) is 0 Å². The van der Waals surface area contributed by atoms with Crippen molar-refractivity contribution < 1.29 is 22.3 Å². The Morgan fingerprint density at radius 2 is 1.75 bits per heavy atom. The topological polar surface area (TPSA) is 9.23 Å². The van der Waals surface area contributed by atoms with E-state index in [1.165, 1.54) is 18.2 Å². The van der Waals surface area contributed by atoms with Gasteiger partial charge in [0.15, 0.2) is 0 Å². The van der Waals surface area contributed by atoms with Gasteiger partial charge in [0.1, 0.15) is 17.4 Å². The van der Waals surface area contributed by atoms with Crippen LogP contribution in [-0.4, -0.2) is 6.61 Å². The Hall–Kier alpha value is -1.56. The maximum absolute atomic E-state index is 13.7. The molecule has 0 amide bonds. The highest BCUT2D eigenvalue weighted by Gasteiger charge is 2.17. The highest BCUT2D eigenvalue weighted by Crippen LogP contribution is 2.34. The average Bonchev–Trinajstić information content (AvgIpc) is 2.40. The average molecular weight is 349 g/mol. The summed E-state index contributed by atoms with van der Waals surface area (Å²) in [5.74, 6) is -1.21. The van der Waals surface area contributed by atoms with E-state index >= 15 is 0 Å². The van der Waals surface area contributed by atoms with Gasteiger partial charge in [0.2, 0.25) is 0 Å². The zero-order valence-corrected chi connectivity index (χ0v) is 11.6. The molecule has 0 bridgehead atoms. The van der Waals surface area contributed by atoms with Gasteiger partial charge in [-0.1, -0.05) is 28.1 Å². The highest BCUT2D eigenvalue weighted by atomic mass is 79.9. The summed E-state index contributed by atoms with van der Waals surface area (Å²) < 4.78 is 55.4. The minimum absolute atomic E-state index is 0.0428. The molecule has 0 aliphatic rings. The van der Waals surface area contributed by atoms with Crippen molar-refractivity contribution in [3.05, 3.63) is 65.2 Å². The van der Waals surface area contributed by atoms with Crippen LogP contribution in [0.2, 0.25) is 0 Å². The zero-order chi connectivity index (χ0) is 14.7. The van der Waals surface area contributed by atoms with Gasteiger partial charge in [0.05, 0.1) is 4.83 Å². The van der Waals surface area contributed by atoms with E-state index in [-0.39, 0.29) is 11.3 Å². The summed E-state index contributed by atoms with van der Waals surface area (Å²) in [4.78, 5) is -0.667. The molecule has 0 radical (unpaired) electrons. The van der Waals surface area contributed by atoms with Crippen molar-refractivity contribution in [3.63, 3.8) is 0 Å². The van der Waals surface area contributed by atoms with Crippen LogP contribution >= 0.6 is 15.9 Å². The molecule has 106 valence electrons. The Morgan fingerprint density at radius 1 is 1.00 bits per heavy atom. The molecule has 1 unspecified atom stereocenters. The van der Waals surface area contributed by atoms with E-state index in [2.05, 4.69) is 20.7 Å². The minimum atomic E-state index is -2.94. The van der Waals surface area contributed by atoms with E-state index in [0.717, 1.165) is 18.2 Å². The number of rotatable bonds is 4. The predicted octanol–water partition coefficient (Wildman–Crippen LogP) is 5.05. The summed E-state index contributed by atoms with van der Waals surface area (Å²) in [6.07, 6.45) is 0. The van der Waals surface area contributed by atoms with E-state index in [4.69, 9.17) is 0 Å². The largest absolute Gasteiger partial charge is 0.435 e. The van der Waals surface area contributed by atoms with Gasteiger partial charge in [-0.05, 0) is 35.9 Å². The first-order valence-electron chi connectivity index (χ1n) is 5.61. The third kappa shape index (κ3) is 3.50. The van der Waals surface area contributed by atoms with Crippen LogP contribution in [0, 0.1) is 11.6 Å². The molecule has 0 spiro atoms. The van der Waals surface area contributed by atoms with Gasteiger partial charge < -0.3 is 4.74 Å². The number of ether oxygens (including phenoxy) is 1. The number of halogens is 5. The summed E-state index contributed by atoms with van der Waals surface area (Å²) in [5.41, 5.74) is 0.562. The van der Waals surface area contributed by atoms with Crippen LogP contribution < -0.4 is 4.74 Å². The van der Waals surface area contributed by atoms with Crippen molar-refractivity contribution in [3.8, 4) is 5.75 Å². The van der Waals surface area contributed by atoms with E-state index in [1.807, 2.05) is 0 Å². The molecule has 0 N–H and O–H groups in total. The van der Waals surface area contributed by atoms with E-state index in [1.54, 1.807) is 6.07 Å². The third-order valence-corrected chi connectivity index (χ3v) is 3.63. The summed E-state index contributed by atoms with van der Waals surface area (Å²) in [7, 11) is 0. The molecule has 0 aliphatic carbocycles. The molecule has 0 aromatic heterocycles. The first-order chi connectivity index (χ1) is 9.47. The smallest absolute Gasteiger partial charge is 0.387 e. The lowest BCUT2D eigenvalue weighted by atomic mass is 10.0. The Balaban J connectivity index is 2.33. The normalized spacial score (nSPS) is 12.5. The minimum Gasteiger partial charge on any atom is -0.435 e. The van der Waals surface area contributed by atoms with Crippen LogP contribution in [0.25, 0.3) is 0 Å². The van der Waals surface area contributed by atoms with Gasteiger partial charge in [-0.25, -0.2) is 8.78 Å². The lowest BCUT2D eigenvalue weighted by Crippen LogP contribution is -2.03. The molecule has 0 aliphatic heterocycles. The molecule has 6 heteroatoms. The number of hydrogen-bond acceptors (Lipinski definition) is 1. The second kappa shape index (κ2) is 6.26. The predicted molar refractivity (Wildman–Crippen MR) is 70.2 cm³/mol. The van der Waals surface area contributed by atoms with Crippen molar-refractivity contribution in [1.29, 1.82) is 0 Å². The molecule has 2 aromatic carbocycles. The SMILES string of the molecule is Fc1ccc(F)c(C(Br)c2cccc(OC(F)F)c2)c1. The molecule has 2 rings (SSSR count). The molecule has 0 saturated heterocycles. The molecular formula is C14H9BrF4O. The number of hydrogen-bond donors (Lipinski definition) is 0.